The maximum atomic E-state index is 6.05. The summed E-state index contributed by atoms with van der Waals surface area (Å²) in [6.45, 7) is 4.37. The van der Waals surface area contributed by atoms with E-state index in [4.69, 9.17) is 5.73 Å². The van der Waals surface area contributed by atoms with Crippen molar-refractivity contribution >= 4 is 39.7 Å². The number of thiophene rings is 1. The molecule has 0 aromatic carbocycles. The summed E-state index contributed by atoms with van der Waals surface area (Å²) < 4.78 is 1.14. The van der Waals surface area contributed by atoms with Crippen LogP contribution in [0.25, 0.3) is 0 Å². The Bertz CT molecular complexity index is 252. The normalized spacial score (nSPS) is 14.8. The lowest BCUT2D eigenvalue weighted by molar-refractivity contribution is 0.462. The summed E-state index contributed by atoms with van der Waals surface area (Å²) in [7, 11) is 0. The first-order valence-electron chi connectivity index (χ1n) is 4.14. The predicted octanol–water partition coefficient (Wildman–Crippen LogP) is 3.98. The second-order valence-corrected chi connectivity index (χ2v) is 4.94. The van der Waals surface area contributed by atoms with Gasteiger partial charge in [-0.25, -0.2) is 0 Å². The van der Waals surface area contributed by atoms with Crippen molar-refractivity contribution in [2.24, 2.45) is 11.7 Å². The average Bonchev–Trinajstić information content (AvgIpc) is 2.49. The molecule has 1 heterocycles. The van der Waals surface area contributed by atoms with Crippen LogP contribution >= 0.6 is 39.7 Å². The molecule has 0 saturated carbocycles. The minimum atomic E-state index is 0. The smallest absolute Gasteiger partial charge is 0.0416 e. The molecule has 0 radical (unpaired) electrons. The van der Waals surface area contributed by atoms with Gasteiger partial charge < -0.3 is 5.73 Å². The first kappa shape index (κ1) is 13.4. The molecule has 0 bridgehead atoms. The SMILES string of the molecule is CCC(C)[C@@H](N)c1cc(Br)cs1.Cl. The third kappa shape index (κ3) is 3.58. The van der Waals surface area contributed by atoms with Crippen molar-refractivity contribution in [2.75, 3.05) is 0 Å². The second-order valence-electron chi connectivity index (χ2n) is 3.08. The van der Waals surface area contributed by atoms with Crippen LogP contribution in [0.2, 0.25) is 0 Å². The molecule has 76 valence electrons. The molecule has 1 aromatic rings. The van der Waals surface area contributed by atoms with Crippen molar-refractivity contribution in [2.45, 2.75) is 26.3 Å². The van der Waals surface area contributed by atoms with Crippen LogP contribution in [0.4, 0.5) is 0 Å². The molecule has 0 saturated heterocycles. The molecule has 2 atom stereocenters. The van der Waals surface area contributed by atoms with E-state index in [1.165, 1.54) is 4.88 Å². The molecule has 0 aliphatic carbocycles. The topological polar surface area (TPSA) is 26.0 Å². The summed E-state index contributed by atoms with van der Waals surface area (Å²) in [5, 5.41) is 2.08. The minimum Gasteiger partial charge on any atom is -0.323 e. The first-order valence-corrected chi connectivity index (χ1v) is 5.82. The van der Waals surface area contributed by atoms with E-state index in [1.807, 2.05) is 0 Å². The van der Waals surface area contributed by atoms with Crippen molar-refractivity contribution < 1.29 is 0 Å². The Morgan fingerprint density at radius 3 is 2.62 bits per heavy atom. The van der Waals surface area contributed by atoms with Crippen molar-refractivity contribution in [1.82, 2.24) is 0 Å². The van der Waals surface area contributed by atoms with Gasteiger partial charge in [0.05, 0.1) is 0 Å². The lowest BCUT2D eigenvalue weighted by Crippen LogP contribution is -2.16. The summed E-state index contributed by atoms with van der Waals surface area (Å²) in [6, 6.07) is 2.31. The number of rotatable bonds is 3. The van der Waals surface area contributed by atoms with E-state index >= 15 is 0 Å². The molecular formula is C9H15BrClNS. The third-order valence-corrected chi connectivity index (χ3v) is 3.97. The number of hydrogen-bond donors (Lipinski definition) is 1. The van der Waals surface area contributed by atoms with Gasteiger partial charge in [0.1, 0.15) is 0 Å². The summed E-state index contributed by atoms with van der Waals surface area (Å²) >= 11 is 5.16. The molecule has 13 heavy (non-hydrogen) atoms. The van der Waals surface area contributed by atoms with E-state index in [-0.39, 0.29) is 18.4 Å². The zero-order valence-corrected chi connectivity index (χ0v) is 11.0. The van der Waals surface area contributed by atoms with Crippen LogP contribution in [0, 0.1) is 5.92 Å². The van der Waals surface area contributed by atoms with E-state index in [2.05, 4.69) is 41.2 Å². The van der Waals surface area contributed by atoms with Crippen LogP contribution in [0.3, 0.4) is 0 Å². The molecule has 0 amide bonds. The quantitative estimate of drug-likeness (QED) is 0.893. The molecular weight excluding hydrogens is 270 g/mol. The molecule has 0 aliphatic rings. The molecule has 2 N–H and O–H groups in total. The predicted molar refractivity (Wildman–Crippen MR) is 65.7 cm³/mol. The summed E-state index contributed by atoms with van der Waals surface area (Å²) in [4.78, 5) is 1.27. The first-order chi connectivity index (χ1) is 5.65. The lowest BCUT2D eigenvalue weighted by Gasteiger charge is -2.16. The van der Waals surface area contributed by atoms with Crippen LogP contribution < -0.4 is 5.73 Å². The van der Waals surface area contributed by atoms with Crippen LogP contribution in [0.15, 0.2) is 15.9 Å². The van der Waals surface area contributed by atoms with Crippen molar-refractivity contribution in [3.63, 3.8) is 0 Å². The maximum absolute atomic E-state index is 6.05. The van der Waals surface area contributed by atoms with E-state index in [9.17, 15) is 0 Å². The lowest BCUT2D eigenvalue weighted by atomic mass is 9.99. The van der Waals surface area contributed by atoms with Crippen molar-refractivity contribution in [3.05, 3.63) is 20.8 Å². The molecule has 0 aliphatic heterocycles. The standard InChI is InChI=1S/C9H14BrNS.ClH/c1-3-6(2)9(11)8-4-7(10)5-12-8;/h4-6,9H,3,11H2,1-2H3;1H/t6?,9-;/m1./s1. The van der Waals surface area contributed by atoms with Crippen molar-refractivity contribution in [3.8, 4) is 0 Å². The van der Waals surface area contributed by atoms with E-state index in [1.54, 1.807) is 11.3 Å². The van der Waals surface area contributed by atoms with Gasteiger partial charge in [-0.15, -0.1) is 23.7 Å². The van der Waals surface area contributed by atoms with Crippen LogP contribution in [-0.2, 0) is 0 Å². The van der Waals surface area contributed by atoms with E-state index in [0.717, 1.165) is 10.9 Å². The summed E-state index contributed by atoms with van der Waals surface area (Å²) in [6.07, 6.45) is 1.14. The van der Waals surface area contributed by atoms with Gasteiger partial charge in [-0.05, 0) is 27.9 Å². The Morgan fingerprint density at radius 2 is 2.23 bits per heavy atom. The highest BCUT2D eigenvalue weighted by Crippen LogP contribution is 2.29. The van der Waals surface area contributed by atoms with E-state index in [0.29, 0.717) is 5.92 Å². The van der Waals surface area contributed by atoms with E-state index < -0.39 is 0 Å². The molecule has 1 unspecified atom stereocenters. The van der Waals surface area contributed by atoms with Gasteiger partial charge >= 0.3 is 0 Å². The average molecular weight is 285 g/mol. The highest BCUT2D eigenvalue weighted by Gasteiger charge is 2.14. The largest absolute Gasteiger partial charge is 0.323 e. The third-order valence-electron chi connectivity index (χ3n) is 2.17. The molecule has 0 spiro atoms. The Hall–Kier alpha value is 0.430. The Balaban J connectivity index is 0.00000144. The van der Waals surface area contributed by atoms with Gasteiger partial charge in [-0.2, -0.15) is 0 Å². The molecule has 0 fully saturated rings. The Labute approximate surface area is 98.3 Å². The van der Waals surface area contributed by atoms with Gasteiger partial charge in [0.2, 0.25) is 0 Å². The Morgan fingerprint density at radius 1 is 1.62 bits per heavy atom. The molecule has 4 heteroatoms. The fourth-order valence-corrected chi connectivity index (χ4v) is 2.62. The van der Waals surface area contributed by atoms with Gasteiger partial charge in [-0.3, -0.25) is 0 Å². The number of nitrogens with two attached hydrogens (primary N) is 1. The van der Waals surface area contributed by atoms with Crippen LogP contribution in [0.1, 0.15) is 31.2 Å². The zero-order chi connectivity index (χ0) is 9.14. The fraction of sp³-hybridized carbons (Fsp3) is 0.556. The maximum Gasteiger partial charge on any atom is 0.0416 e. The van der Waals surface area contributed by atoms with Gasteiger partial charge in [0.15, 0.2) is 0 Å². The van der Waals surface area contributed by atoms with Crippen LogP contribution in [-0.4, -0.2) is 0 Å². The monoisotopic (exact) mass is 283 g/mol. The van der Waals surface area contributed by atoms with Gasteiger partial charge in [0, 0.05) is 20.8 Å². The number of hydrogen-bond acceptors (Lipinski definition) is 2. The Kier molecular flexibility index (Phi) is 6.21. The van der Waals surface area contributed by atoms with Gasteiger partial charge in [-0.1, -0.05) is 20.3 Å². The summed E-state index contributed by atoms with van der Waals surface area (Å²) in [5.41, 5.74) is 6.05. The molecule has 1 aromatic heterocycles. The fourth-order valence-electron chi connectivity index (χ4n) is 1.04. The zero-order valence-electron chi connectivity index (χ0n) is 7.79. The van der Waals surface area contributed by atoms with Crippen molar-refractivity contribution in [1.29, 1.82) is 0 Å². The second kappa shape index (κ2) is 6.02. The highest BCUT2D eigenvalue weighted by molar-refractivity contribution is 9.10. The highest BCUT2D eigenvalue weighted by atomic mass is 79.9. The van der Waals surface area contributed by atoms with Crippen LogP contribution in [0.5, 0.6) is 0 Å². The minimum absolute atomic E-state index is 0. The number of halogens is 2. The summed E-state index contributed by atoms with van der Waals surface area (Å²) in [5.74, 6) is 0.565. The van der Waals surface area contributed by atoms with Gasteiger partial charge in [0.25, 0.3) is 0 Å². The molecule has 1 nitrogen and oxygen atoms in total. The molecule has 1 rings (SSSR count).